The summed E-state index contributed by atoms with van der Waals surface area (Å²) >= 11 is 0. The predicted molar refractivity (Wildman–Crippen MR) is 124 cm³/mol. The summed E-state index contributed by atoms with van der Waals surface area (Å²) < 4.78 is 27.1. The fourth-order valence-corrected chi connectivity index (χ4v) is 5.25. The molecule has 0 saturated carbocycles. The average Bonchev–Trinajstić information content (AvgIpc) is 3.32. The van der Waals surface area contributed by atoms with E-state index in [0.29, 0.717) is 19.4 Å². The first kappa shape index (κ1) is 24.3. The molecule has 33 heavy (non-hydrogen) atoms. The van der Waals surface area contributed by atoms with Crippen molar-refractivity contribution in [3.63, 3.8) is 0 Å². The number of carbonyl (C=O) groups excluding carboxylic acids is 2. The predicted octanol–water partition coefficient (Wildman–Crippen LogP) is 1.90. The largest absolute Gasteiger partial charge is 0.511 e. The molecule has 2 aromatic rings. The highest BCUT2D eigenvalue weighted by Gasteiger charge is 2.40. The topological polar surface area (TPSA) is 128 Å². The van der Waals surface area contributed by atoms with Gasteiger partial charge in [-0.05, 0) is 30.5 Å². The highest BCUT2D eigenvalue weighted by molar-refractivity contribution is 7.89. The molecule has 0 spiro atoms. The van der Waals surface area contributed by atoms with Crippen LogP contribution in [0, 0.1) is 0 Å². The van der Waals surface area contributed by atoms with Crippen molar-refractivity contribution in [3.8, 4) is 0 Å². The summed E-state index contributed by atoms with van der Waals surface area (Å²) in [5, 5.41) is 17.8. The Bertz CT molecular complexity index is 1080. The lowest BCUT2D eigenvalue weighted by Gasteiger charge is -2.26. The lowest BCUT2D eigenvalue weighted by atomic mass is 10.2. The standard InChI is InChI=1S/C23H28N4O5S/c1-17(28)20(16-25-23(30)24-15-18-9-4-2-5-10-18)26-22(29)21-13-8-14-27(21)33(31,32)19-11-6-3-7-12-19/h2-7,9-12,20-21,28H,1,8,13-16H2,(H,26,29)(H2,24,25,30)/t20-,21-/m0/s1. The molecule has 10 heteroatoms. The number of urea groups is 1. The molecule has 9 nitrogen and oxygen atoms in total. The van der Waals surface area contributed by atoms with Crippen molar-refractivity contribution < 1.29 is 23.1 Å². The van der Waals surface area contributed by atoms with Crippen LogP contribution in [0.3, 0.4) is 0 Å². The molecule has 4 N–H and O–H groups in total. The highest BCUT2D eigenvalue weighted by Crippen LogP contribution is 2.26. The molecule has 1 heterocycles. The molecule has 2 aromatic carbocycles. The van der Waals surface area contributed by atoms with Crippen molar-refractivity contribution in [3.05, 3.63) is 78.6 Å². The zero-order valence-electron chi connectivity index (χ0n) is 18.1. The third kappa shape index (κ3) is 6.33. The van der Waals surface area contributed by atoms with E-state index in [0.717, 1.165) is 5.56 Å². The number of benzene rings is 2. The second kappa shape index (κ2) is 11.0. The Hall–Kier alpha value is -3.37. The summed E-state index contributed by atoms with van der Waals surface area (Å²) in [7, 11) is -3.84. The Morgan fingerprint density at radius 1 is 1.06 bits per heavy atom. The van der Waals surface area contributed by atoms with Crippen molar-refractivity contribution in [2.45, 2.75) is 36.4 Å². The first-order valence-corrected chi connectivity index (χ1v) is 12.0. The van der Waals surface area contributed by atoms with Gasteiger partial charge in [0.05, 0.1) is 4.90 Å². The van der Waals surface area contributed by atoms with Crippen LogP contribution in [0.2, 0.25) is 0 Å². The van der Waals surface area contributed by atoms with Gasteiger partial charge in [0.1, 0.15) is 17.8 Å². The molecule has 3 amide bonds. The van der Waals surface area contributed by atoms with Gasteiger partial charge in [-0.3, -0.25) is 4.79 Å². The Morgan fingerprint density at radius 2 is 1.70 bits per heavy atom. The van der Waals surface area contributed by atoms with Crippen LogP contribution in [0.25, 0.3) is 0 Å². The molecule has 1 aliphatic rings. The van der Waals surface area contributed by atoms with E-state index >= 15 is 0 Å². The summed E-state index contributed by atoms with van der Waals surface area (Å²) in [6, 6.07) is 14.9. The number of hydrogen-bond acceptors (Lipinski definition) is 5. The zero-order valence-corrected chi connectivity index (χ0v) is 18.9. The Kier molecular flexibility index (Phi) is 8.07. The molecular formula is C23H28N4O5S. The molecule has 0 bridgehead atoms. The number of hydrogen-bond donors (Lipinski definition) is 4. The lowest BCUT2D eigenvalue weighted by molar-refractivity contribution is -0.124. The number of sulfonamides is 1. The van der Waals surface area contributed by atoms with Crippen LogP contribution >= 0.6 is 0 Å². The fourth-order valence-electron chi connectivity index (χ4n) is 3.57. The molecule has 1 fully saturated rings. The van der Waals surface area contributed by atoms with E-state index in [-0.39, 0.29) is 23.7 Å². The average molecular weight is 473 g/mol. The van der Waals surface area contributed by atoms with E-state index < -0.39 is 34.0 Å². The normalized spacial score (nSPS) is 17.2. The smallest absolute Gasteiger partial charge is 0.315 e. The Morgan fingerprint density at radius 3 is 2.33 bits per heavy atom. The first-order valence-electron chi connectivity index (χ1n) is 10.6. The van der Waals surface area contributed by atoms with Gasteiger partial charge < -0.3 is 21.1 Å². The number of amides is 3. The van der Waals surface area contributed by atoms with E-state index in [9.17, 15) is 23.1 Å². The van der Waals surface area contributed by atoms with E-state index in [2.05, 4.69) is 22.5 Å². The second-order valence-electron chi connectivity index (χ2n) is 7.69. The SMILES string of the molecule is C=C(O)[C@H](CNC(=O)NCc1ccccc1)NC(=O)[C@@H]1CCCN1S(=O)(=O)c1ccccc1. The van der Waals surface area contributed by atoms with Crippen molar-refractivity contribution in [1.82, 2.24) is 20.3 Å². The van der Waals surface area contributed by atoms with E-state index in [1.807, 2.05) is 30.3 Å². The maximum absolute atomic E-state index is 13.0. The lowest BCUT2D eigenvalue weighted by Crippen LogP contribution is -2.52. The van der Waals surface area contributed by atoms with Crippen LogP contribution in [0.5, 0.6) is 0 Å². The highest BCUT2D eigenvalue weighted by atomic mass is 32.2. The van der Waals surface area contributed by atoms with Gasteiger partial charge >= 0.3 is 6.03 Å². The summed E-state index contributed by atoms with van der Waals surface area (Å²) in [6.07, 6.45) is 0.891. The van der Waals surface area contributed by atoms with Crippen LogP contribution < -0.4 is 16.0 Å². The minimum absolute atomic E-state index is 0.111. The molecule has 0 unspecified atom stereocenters. The number of aliphatic hydroxyl groups is 1. The third-order valence-corrected chi connectivity index (χ3v) is 7.26. The summed E-state index contributed by atoms with van der Waals surface area (Å²) in [5.74, 6) is -0.902. The van der Waals surface area contributed by atoms with Gasteiger partial charge in [-0.2, -0.15) is 4.31 Å². The molecule has 0 radical (unpaired) electrons. The number of nitrogens with zero attached hydrogens (tertiary/aromatic N) is 1. The maximum Gasteiger partial charge on any atom is 0.315 e. The van der Waals surface area contributed by atoms with Gasteiger partial charge in [0.2, 0.25) is 15.9 Å². The van der Waals surface area contributed by atoms with Crippen LogP contribution in [0.15, 0.2) is 77.9 Å². The summed E-state index contributed by atoms with van der Waals surface area (Å²) in [4.78, 5) is 25.1. The number of aliphatic hydroxyl groups excluding tert-OH is 1. The molecule has 0 aromatic heterocycles. The zero-order chi connectivity index (χ0) is 23.8. The van der Waals surface area contributed by atoms with Gasteiger partial charge in [0.25, 0.3) is 0 Å². The summed E-state index contributed by atoms with van der Waals surface area (Å²) in [6.45, 7) is 3.89. The number of carbonyl (C=O) groups is 2. The Balaban J connectivity index is 1.58. The van der Waals surface area contributed by atoms with Crippen molar-refractivity contribution in [2.24, 2.45) is 0 Å². The van der Waals surface area contributed by atoms with Crippen LogP contribution in [0.4, 0.5) is 4.79 Å². The molecular weight excluding hydrogens is 444 g/mol. The molecule has 176 valence electrons. The molecule has 2 atom stereocenters. The Labute approximate surface area is 193 Å². The van der Waals surface area contributed by atoms with Gasteiger partial charge in [0.15, 0.2) is 0 Å². The molecule has 1 saturated heterocycles. The molecule has 0 aliphatic carbocycles. The van der Waals surface area contributed by atoms with Crippen molar-refractivity contribution >= 4 is 22.0 Å². The van der Waals surface area contributed by atoms with Crippen LogP contribution in [-0.2, 0) is 21.4 Å². The van der Waals surface area contributed by atoms with E-state index in [1.54, 1.807) is 18.2 Å². The number of rotatable bonds is 9. The fraction of sp³-hybridized carbons (Fsp3) is 0.304. The molecule has 1 aliphatic heterocycles. The second-order valence-corrected chi connectivity index (χ2v) is 9.58. The maximum atomic E-state index is 13.0. The third-order valence-electron chi connectivity index (χ3n) is 5.34. The monoisotopic (exact) mass is 472 g/mol. The van der Waals surface area contributed by atoms with Gasteiger partial charge in [-0.25, -0.2) is 13.2 Å². The summed E-state index contributed by atoms with van der Waals surface area (Å²) in [5.41, 5.74) is 0.921. The molecule has 3 rings (SSSR count). The van der Waals surface area contributed by atoms with E-state index in [4.69, 9.17) is 0 Å². The van der Waals surface area contributed by atoms with Crippen molar-refractivity contribution in [2.75, 3.05) is 13.1 Å². The number of nitrogens with one attached hydrogen (secondary N) is 3. The van der Waals surface area contributed by atoms with Crippen LogP contribution in [-0.4, -0.2) is 54.9 Å². The van der Waals surface area contributed by atoms with Crippen LogP contribution in [0.1, 0.15) is 18.4 Å². The minimum Gasteiger partial charge on any atom is -0.511 e. The van der Waals surface area contributed by atoms with Gasteiger partial charge in [-0.1, -0.05) is 55.1 Å². The van der Waals surface area contributed by atoms with Crippen molar-refractivity contribution in [1.29, 1.82) is 0 Å². The first-order chi connectivity index (χ1) is 15.8. The minimum atomic E-state index is -3.84. The van der Waals surface area contributed by atoms with Gasteiger partial charge in [0, 0.05) is 19.6 Å². The van der Waals surface area contributed by atoms with Gasteiger partial charge in [-0.15, -0.1) is 0 Å². The quantitative estimate of drug-likeness (QED) is 0.415. The van der Waals surface area contributed by atoms with E-state index in [1.165, 1.54) is 16.4 Å².